The van der Waals surface area contributed by atoms with Gasteiger partial charge in [0.1, 0.15) is 5.75 Å². The molecule has 21 heavy (non-hydrogen) atoms. The fourth-order valence-corrected chi connectivity index (χ4v) is 2.29. The molecule has 2 rings (SSSR count). The first-order valence-corrected chi connectivity index (χ1v) is 6.61. The molecule has 0 aliphatic heterocycles. The summed E-state index contributed by atoms with van der Waals surface area (Å²) >= 11 is 6.01. The van der Waals surface area contributed by atoms with Crippen LogP contribution in [0.2, 0.25) is 5.02 Å². The molecule has 0 fully saturated rings. The monoisotopic (exact) mass is 310 g/mol. The largest absolute Gasteiger partial charge is 0.495 e. The Kier molecular flexibility index (Phi) is 5.01. The topological polar surface area (TPSA) is 56.5 Å². The van der Waals surface area contributed by atoms with Crippen molar-refractivity contribution >= 4 is 11.6 Å². The van der Waals surface area contributed by atoms with Crippen molar-refractivity contribution in [1.29, 1.82) is 0 Å². The fraction of sp³-hybridized carbons (Fsp3) is 0.200. The van der Waals surface area contributed by atoms with Gasteiger partial charge in [0.15, 0.2) is 11.6 Å². The number of hydrogen-bond acceptors (Lipinski definition) is 4. The van der Waals surface area contributed by atoms with E-state index in [4.69, 9.17) is 26.9 Å². The van der Waals surface area contributed by atoms with E-state index in [0.29, 0.717) is 10.8 Å². The van der Waals surface area contributed by atoms with Gasteiger partial charge < -0.3 is 9.47 Å². The molecule has 2 aromatic carbocycles. The quantitative estimate of drug-likeness (QED) is 0.658. The minimum Gasteiger partial charge on any atom is -0.495 e. The second kappa shape index (κ2) is 6.76. The normalized spacial score (nSPS) is 12.0. The summed E-state index contributed by atoms with van der Waals surface area (Å²) in [7, 11) is 2.95. The molecule has 0 aromatic heterocycles. The maximum Gasteiger partial charge on any atom is 0.165 e. The average molecular weight is 311 g/mol. The summed E-state index contributed by atoms with van der Waals surface area (Å²) in [6.07, 6.45) is 0. The number of ether oxygens (including phenoxy) is 2. The van der Waals surface area contributed by atoms with Crippen LogP contribution in [-0.4, -0.2) is 14.2 Å². The highest BCUT2D eigenvalue weighted by Gasteiger charge is 2.16. The van der Waals surface area contributed by atoms with Crippen molar-refractivity contribution in [2.45, 2.75) is 6.04 Å². The molecule has 4 nitrogen and oxygen atoms in total. The van der Waals surface area contributed by atoms with Crippen molar-refractivity contribution in [2.75, 3.05) is 14.2 Å². The third-order valence-corrected chi connectivity index (χ3v) is 3.50. The van der Waals surface area contributed by atoms with Gasteiger partial charge in [-0.05, 0) is 35.4 Å². The van der Waals surface area contributed by atoms with Crippen LogP contribution in [0.15, 0.2) is 36.4 Å². The second-order valence-corrected chi connectivity index (χ2v) is 4.79. The summed E-state index contributed by atoms with van der Waals surface area (Å²) in [4.78, 5) is 0. The molecule has 6 heteroatoms. The van der Waals surface area contributed by atoms with E-state index in [-0.39, 0.29) is 11.8 Å². The maximum atomic E-state index is 13.5. The van der Waals surface area contributed by atoms with E-state index in [1.807, 2.05) is 6.07 Å². The highest BCUT2D eigenvalue weighted by atomic mass is 35.5. The summed E-state index contributed by atoms with van der Waals surface area (Å²) in [5.74, 6) is 5.92. The van der Waals surface area contributed by atoms with Crippen LogP contribution in [-0.2, 0) is 0 Å². The number of benzene rings is 2. The van der Waals surface area contributed by atoms with E-state index in [1.165, 1.54) is 20.3 Å². The highest BCUT2D eigenvalue weighted by molar-refractivity contribution is 6.32. The Balaban J connectivity index is 2.44. The molecule has 2 aromatic rings. The molecule has 1 unspecified atom stereocenters. The minimum absolute atomic E-state index is 0.161. The van der Waals surface area contributed by atoms with Gasteiger partial charge in [-0.2, -0.15) is 0 Å². The summed E-state index contributed by atoms with van der Waals surface area (Å²) in [6.45, 7) is 0. The summed E-state index contributed by atoms with van der Waals surface area (Å²) in [5, 5.41) is 0.508. The maximum absolute atomic E-state index is 13.5. The van der Waals surface area contributed by atoms with Gasteiger partial charge >= 0.3 is 0 Å². The van der Waals surface area contributed by atoms with Crippen molar-refractivity contribution in [3.8, 4) is 11.5 Å². The molecular formula is C15H16ClFN2O2. The molecule has 3 N–H and O–H groups in total. The van der Waals surface area contributed by atoms with Crippen molar-refractivity contribution in [2.24, 2.45) is 5.84 Å². The molecule has 0 aliphatic rings. The predicted molar refractivity (Wildman–Crippen MR) is 80.1 cm³/mol. The zero-order valence-electron chi connectivity index (χ0n) is 11.7. The number of rotatable bonds is 5. The van der Waals surface area contributed by atoms with Gasteiger partial charge in [0.25, 0.3) is 0 Å². The van der Waals surface area contributed by atoms with E-state index in [0.717, 1.165) is 11.1 Å². The van der Waals surface area contributed by atoms with Crippen LogP contribution in [0, 0.1) is 5.82 Å². The van der Waals surface area contributed by atoms with E-state index >= 15 is 0 Å². The lowest BCUT2D eigenvalue weighted by molar-refractivity contribution is 0.385. The van der Waals surface area contributed by atoms with Gasteiger partial charge in [-0.25, -0.2) is 9.82 Å². The van der Waals surface area contributed by atoms with Gasteiger partial charge in [0.05, 0.1) is 25.3 Å². The Morgan fingerprint density at radius 1 is 1.05 bits per heavy atom. The number of halogens is 2. The molecule has 0 radical (unpaired) electrons. The number of hydrazine groups is 1. The Labute approximate surface area is 127 Å². The van der Waals surface area contributed by atoms with E-state index < -0.39 is 5.82 Å². The highest BCUT2D eigenvalue weighted by Crippen LogP contribution is 2.31. The average Bonchev–Trinajstić information content (AvgIpc) is 2.51. The summed E-state index contributed by atoms with van der Waals surface area (Å²) in [5.41, 5.74) is 4.30. The smallest absolute Gasteiger partial charge is 0.165 e. The van der Waals surface area contributed by atoms with Crippen molar-refractivity contribution in [3.05, 3.63) is 58.4 Å². The van der Waals surface area contributed by atoms with Crippen LogP contribution >= 0.6 is 11.6 Å². The lowest BCUT2D eigenvalue weighted by Crippen LogP contribution is -2.28. The first-order valence-electron chi connectivity index (χ1n) is 6.23. The second-order valence-electron chi connectivity index (χ2n) is 4.39. The van der Waals surface area contributed by atoms with Crippen LogP contribution in [0.1, 0.15) is 17.2 Å². The van der Waals surface area contributed by atoms with Crippen LogP contribution in [0.4, 0.5) is 4.39 Å². The van der Waals surface area contributed by atoms with Gasteiger partial charge in [0, 0.05) is 0 Å². The van der Waals surface area contributed by atoms with Crippen molar-refractivity contribution in [3.63, 3.8) is 0 Å². The standard InChI is InChI=1S/C15H16ClFN2O2/c1-20-13-7-9(3-5-11(13)16)15(19-18)10-4-6-12(17)14(8-10)21-2/h3-8,15,19H,18H2,1-2H3. The van der Waals surface area contributed by atoms with E-state index in [9.17, 15) is 4.39 Å². The van der Waals surface area contributed by atoms with Crippen LogP contribution in [0.5, 0.6) is 11.5 Å². The Hall–Kier alpha value is -1.82. The van der Waals surface area contributed by atoms with Gasteiger partial charge in [0.2, 0.25) is 0 Å². The van der Waals surface area contributed by atoms with E-state index in [2.05, 4.69) is 5.43 Å². The molecule has 0 saturated carbocycles. The molecule has 0 amide bonds. The van der Waals surface area contributed by atoms with Crippen LogP contribution in [0.25, 0.3) is 0 Å². The number of nitrogens with one attached hydrogen (secondary N) is 1. The summed E-state index contributed by atoms with van der Waals surface area (Å²) in [6, 6.07) is 9.57. The van der Waals surface area contributed by atoms with Crippen molar-refractivity contribution < 1.29 is 13.9 Å². The number of methoxy groups -OCH3 is 2. The van der Waals surface area contributed by atoms with Crippen LogP contribution in [0.3, 0.4) is 0 Å². The predicted octanol–water partition coefficient (Wildman–Crippen LogP) is 3.05. The van der Waals surface area contributed by atoms with Gasteiger partial charge in [-0.15, -0.1) is 0 Å². The van der Waals surface area contributed by atoms with E-state index in [1.54, 1.807) is 24.3 Å². The molecule has 1 atom stereocenters. The van der Waals surface area contributed by atoms with Crippen LogP contribution < -0.4 is 20.7 Å². The molecule has 0 heterocycles. The van der Waals surface area contributed by atoms with Gasteiger partial charge in [-0.3, -0.25) is 5.84 Å². The molecule has 112 valence electrons. The molecule has 0 aliphatic carbocycles. The number of nitrogens with two attached hydrogens (primary N) is 1. The molecule has 0 bridgehead atoms. The Bertz CT molecular complexity index is 584. The lowest BCUT2D eigenvalue weighted by atomic mass is 9.98. The molecule has 0 saturated heterocycles. The lowest BCUT2D eigenvalue weighted by Gasteiger charge is -2.19. The van der Waals surface area contributed by atoms with Crippen molar-refractivity contribution in [1.82, 2.24) is 5.43 Å². The zero-order chi connectivity index (χ0) is 15.4. The number of hydrogen-bond donors (Lipinski definition) is 2. The minimum atomic E-state index is -0.425. The molecule has 0 spiro atoms. The Morgan fingerprint density at radius 2 is 1.62 bits per heavy atom. The fourth-order valence-electron chi connectivity index (χ4n) is 2.10. The SMILES string of the molecule is COc1cc(C(NN)c2ccc(Cl)c(OC)c2)ccc1F. The third-order valence-electron chi connectivity index (χ3n) is 3.18. The first kappa shape index (κ1) is 15.6. The van der Waals surface area contributed by atoms with Gasteiger partial charge in [-0.1, -0.05) is 23.7 Å². The Morgan fingerprint density at radius 3 is 2.19 bits per heavy atom. The summed E-state index contributed by atoms with van der Waals surface area (Å²) < 4.78 is 23.7. The third kappa shape index (κ3) is 3.26. The first-order chi connectivity index (χ1) is 10.1. The zero-order valence-corrected chi connectivity index (χ0v) is 12.4. The molecular weight excluding hydrogens is 295 g/mol.